The van der Waals surface area contributed by atoms with Gasteiger partial charge in [-0.2, -0.15) is 13.2 Å². The van der Waals surface area contributed by atoms with Crippen LogP contribution < -0.4 is 5.32 Å². The van der Waals surface area contributed by atoms with Crippen LogP contribution in [0, 0.1) is 0 Å². The number of alkyl halides is 3. The maximum absolute atomic E-state index is 13.3. The first-order valence-corrected chi connectivity index (χ1v) is 13.4. The fraction of sp³-hybridized carbons (Fsp3) is 0.357. The van der Waals surface area contributed by atoms with Gasteiger partial charge in [-0.3, -0.25) is 0 Å². The molecule has 7 rings (SSSR count). The molecule has 1 saturated carbocycles. The smallest absolute Gasteiger partial charge is 0.363 e. The van der Waals surface area contributed by atoms with Crippen LogP contribution in [0.15, 0.2) is 43.1 Å². The van der Waals surface area contributed by atoms with Crippen molar-refractivity contribution in [1.82, 2.24) is 39.1 Å². The lowest BCUT2D eigenvalue weighted by atomic mass is 10.0. The molecule has 5 heterocycles. The van der Waals surface area contributed by atoms with E-state index in [9.17, 15) is 13.2 Å². The summed E-state index contributed by atoms with van der Waals surface area (Å²) in [5, 5.41) is 8.17. The Bertz CT molecular complexity index is 1730. The van der Waals surface area contributed by atoms with Gasteiger partial charge in [-0.15, -0.1) is 5.10 Å². The van der Waals surface area contributed by atoms with Crippen molar-refractivity contribution in [2.24, 2.45) is 0 Å². The number of anilines is 1. The highest BCUT2D eigenvalue weighted by Crippen LogP contribution is 2.43. The van der Waals surface area contributed by atoms with Gasteiger partial charge >= 0.3 is 6.18 Å². The van der Waals surface area contributed by atoms with Crippen LogP contribution in [0.25, 0.3) is 28.4 Å². The van der Waals surface area contributed by atoms with E-state index >= 15 is 0 Å². The number of rotatable bonds is 6. The van der Waals surface area contributed by atoms with Crippen LogP contribution in [0.3, 0.4) is 0 Å². The number of hydrogen-bond acceptors (Lipinski definition) is 7. The fourth-order valence-corrected chi connectivity index (χ4v) is 5.41. The molecule has 1 aliphatic carbocycles. The van der Waals surface area contributed by atoms with Gasteiger partial charge in [0, 0.05) is 43.2 Å². The number of nitrogens with zero attached hydrogens (tertiary/aromatic N) is 8. The summed E-state index contributed by atoms with van der Waals surface area (Å²) in [6, 6.07) is 5.82. The first kappa shape index (κ1) is 24.7. The standard InChI is InChI=1S/C28H26F3N9/c1-2-20-22(23(17-6-7-17)35-15-34-20)24-37-25(27-32-9-11-40(27)38-24)33-13-16-5-8-19-18(12-16)4-3-10-39-14-21(28(29,30)31)36-26(19)39/h5,8-9,11-12,14-15,17H,2-4,6-7,10,13H2,1H3,(H,33,37,38). The number of nitrogens with one attached hydrogen (secondary N) is 1. The number of hydrogen-bond donors (Lipinski definition) is 1. The Morgan fingerprint density at radius 3 is 2.77 bits per heavy atom. The van der Waals surface area contributed by atoms with Gasteiger partial charge in [-0.1, -0.05) is 25.1 Å². The largest absolute Gasteiger partial charge is 0.434 e. The molecule has 2 aliphatic rings. The van der Waals surface area contributed by atoms with Crippen molar-refractivity contribution in [2.75, 3.05) is 5.32 Å². The average molecular weight is 546 g/mol. The Balaban J connectivity index is 1.21. The van der Waals surface area contributed by atoms with E-state index in [1.165, 1.54) is 0 Å². The molecule has 4 aromatic heterocycles. The summed E-state index contributed by atoms with van der Waals surface area (Å²) in [5.41, 5.74) is 5.25. The zero-order valence-electron chi connectivity index (χ0n) is 21.8. The van der Waals surface area contributed by atoms with E-state index in [2.05, 4.69) is 32.2 Å². The Labute approximate surface area is 227 Å². The Morgan fingerprint density at radius 2 is 1.98 bits per heavy atom. The second kappa shape index (κ2) is 9.39. The van der Waals surface area contributed by atoms with Gasteiger partial charge in [0.2, 0.25) is 0 Å². The van der Waals surface area contributed by atoms with Crippen LogP contribution in [0.5, 0.6) is 0 Å². The van der Waals surface area contributed by atoms with E-state index in [0.29, 0.717) is 42.1 Å². The summed E-state index contributed by atoms with van der Waals surface area (Å²) in [6.07, 6.45) is 6.16. The number of aryl methyl sites for hydroxylation is 3. The van der Waals surface area contributed by atoms with Gasteiger partial charge in [0.25, 0.3) is 0 Å². The van der Waals surface area contributed by atoms with Crippen LogP contribution in [0.2, 0.25) is 0 Å². The quantitative estimate of drug-likeness (QED) is 0.302. The van der Waals surface area contributed by atoms with Gasteiger partial charge in [0.1, 0.15) is 12.2 Å². The van der Waals surface area contributed by atoms with Crippen molar-refractivity contribution in [3.8, 4) is 22.8 Å². The molecule has 1 N–H and O–H groups in total. The van der Waals surface area contributed by atoms with Crippen LogP contribution >= 0.6 is 0 Å². The number of imidazole rings is 2. The summed E-state index contributed by atoms with van der Waals surface area (Å²) in [6.45, 7) is 3.01. The third kappa shape index (κ3) is 4.37. The minimum atomic E-state index is -4.47. The molecular weight excluding hydrogens is 519 g/mol. The molecule has 0 saturated heterocycles. The van der Waals surface area contributed by atoms with Crippen LogP contribution in [0.1, 0.15) is 60.3 Å². The van der Waals surface area contributed by atoms with Crippen molar-refractivity contribution < 1.29 is 13.2 Å². The predicted molar refractivity (Wildman–Crippen MR) is 141 cm³/mol. The van der Waals surface area contributed by atoms with Crippen LogP contribution in [-0.4, -0.2) is 39.1 Å². The van der Waals surface area contributed by atoms with Gasteiger partial charge in [-0.25, -0.2) is 29.4 Å². The zero-order valence-corrected chi connectivity index (χ0v) is 21.8. The molecule has 0 spiro atoms. The number of fused-ring (bicyclic) bond motifs is 4. The summed E-state index contributed by atoms with van der Waals surface area (Å²) < 4.78 is 43.2. The Morgan fingerprint density at radius 1 is 1.10 bits per heavy atom. The van der Waals surface area contributed by atoms with Crippen LogP contribution in [-0.2, 0) is 32.1 Å². The molecule has 0 bridgehead atoms. The summed E-state index contributed by atoms with van der Waals surface area (Å²) >= 11 is 0. The molecule has 1 aromatic carbocycles. The average Bonchev–Trinajstić information content (AvgIpc) is 3.57. The third-order valence-corrected chi connectivity index (χ3v) is 7.51. The molecule has 204 valence electrons. The molecule has 9 nitrogen and oxygen atoms in total. The summed E-state index contributed by atoms with van der Waals surface area (Å²) in [7, 11) is 0. The molecular formula is C28H26F3N9. The van der Waals surface area contributed by atoms with Crippen molar-refractivity contribution in [1.29, 1.82) is 0 Å². The molecule has 5 aromatic rings. The zero-order chi connectivity index (χ0) is 27.4. The van der Waals surface area contributed by atoms with Gasteiger partial charge < -0.3 is 9.88 Å². The molecule has 0 amide bonds. The van der Waals surface area contributed by atoms with Crippen molar-refractivity contribution >= 4 is 11.5 Å². The molecule has 0 unspecified atom stereocenters. The number of halogens is 3. The molecule has 12 heteroatoms. The van der Waals surface area contributed by atoms with Gasteiger partial charge in [0.05, 0.1) is 17.0 Å². The lowest BCUT2D eigenvalue weighted by molar-refractivity contribution is -0.140. The van der Waals surface area contributed by atoms with E-state index in [1.54, 1.807) is 27.8 Å². The predicted octanol–water partition coefficient (Wildman–Crippen LogP) is 5.46. The minimum Gasteiger partial charge on any atom is -0.363 e. The van der Waals surface area contributed by atoms with Crippen molar-refractivity contribution in [2.45, 2.75) is 64.2 Å². The van der Waals surface area contributed by atoms with E-state index in [0.717, 1.165) is 71.9 Å². The third-order valence-electron chi connectivity index (χ3n) is 7.51. The summed E-state index contributed by atoms with van der Waals surface area (Å²) in [4.78, 5) is 22.4. The highest BCUT2D eigenvalue weighted by molar-refractivity contribution is 5.69. The van der Waals surface area contributed by atoms with E-state index in [-0.39, 0.29) is 0 Å². The van der Waals surface area contributed by atoms with Crippen molar-refractivity contribution in [3.63, 3.8) is 0 Å². The fourth-order valence-electron chi connectivity index (χ4n) is 5.41. The first-order valence-electron chi connectivity index (χ1n) is 13.4. The second-order valence-electron chi connectivity index (χ2n) is 10.3. The molecule has 1 fully saturated rings. The lowest BCUT2D eigenvalue weighted by Crippen LogP contribution is -2.10. The Hall–Kier alpha value is -4.35. The van der Waals surface area contributed by atoms with E-state index in [1.807, 2.05) is 18.2 Å². The highest BCUT2D eigenvalue weighted by atomic mass is 19.4. The summed E-state index contributed by atoms with van der Waals surface area (Å²) in [5.74, 6) is 1.91. The highest BCUT2D eigenvalue weighted by Gasteiger charge is 2.35. The minimum absolute atomic E-state index is 0.363. The molecule has 0 radical (unpaired) electrons. The number of benzene rings is 1. The molecule has 1 aliphatic heterocycles. The Kier molecular flexibility index (Phi) is 5.79. The SMILES string of the molecule is CCc1ncnc(C2CC2)c1-c1nc(NCc2ccc3c(c2)CCCn2cc(C(F)(F)F)nc2-3)c2nccn2n1. The lowest BCUT2D eigenvalue weighted by Gasteiger charge is -2.14. The monoisotopic (exact) mass is 545 g/mol. The number of aromatic nitrogens is 8. The topological polar surface area (TPSA) is 98.7 Å². The molecule has 40 heavy (non-hydrogen) atoms. The maximum Gasteiger partial charge on any atom is 0.434 e. The van der Waals surface area contributed by atoms with E-state index in [4.69, 9.17) is 10.1 Å². The van der Waals surface area contributed by atoms with Crippen molar-refractivity contribution in [3.05, 3.63) is 71.3 Å². The normalized spacial score (nSPS) is 15.1. The van der Waals surface area contributed by atoms with Crippen LogP contribution in [0.4, 0.5) is 19.0 Å². The van der Waals surface area contributed by atoms with E-state index < -0.39 is 11.9 Å². The second-order valence-corrected chi connectivity index (χ2v) is 10.3. The van der Waals surface area contributed by atoms with Gasteiger partial charge in [-0.05, 0) is 43.2 Å². The first-order chi connectivity index (χ1) is 19.4. The molecule has 0 atom stereocenters. The van der Waals surface area contributed by atoms with Gasteiger partial charge in [0.15, 0.2) is 23.0 Å². The maximum atomic E-state index is 13.3.